The van der Waals surface area contributed by atoms with Gasteiger partial charge in [-0.1, -0.05) is 26.0 Å². The average Bonchev–Trinajstić information content (AvgIpc) is 2.58. The standard InChI is InChI=1S/C19H21NO2.ClH/c1-4-19(2)12-11-16-14(18(19)21)9-10-15(20-16)13-7-5-6-8-17(13)22-3;/h5-10H,4,11-12H2,1-3H3;1H. The minimum atomic E-state index is -0.235. The molecule has 1 aliphatic carbocycles. The van der Waals surface area contributed by atoms with E-state index in [-0.39, 0.29) is 23.6 Å². The van der Waals surface area contributed by atoms with Gasteiger partial charge in [0.05, 0.1) is 18.5 Å². The third-order valence-corrected chi connectivity index (χ3v) is 4.84. The summed E-state index contributed by atoms with van der Waals surface area (Å²) in [6, 6.07) is 11.7. The summed E-state index contributed by atoms with van der Waals surface area (Å²) in [5, 5.41) is 0. The van der Waals surface area contributed by atoms with Crippen molar-refractivity contribution in [2.45, 2.75) is 33.1 Å². The minimum absolute atomic E-state index is 0. The quantitative estimate of drug-likeness (QED) is 0.816. The number of ether oxygens (including phenoxy) is 1. The van der Waals surface area contributed by atoms with E-state index in [4.69, 9.17) is 9.72 Å². The first kappa shape index (κ1) is 17.5. The Balaban J connectivity index is 0.00000192. The van der Waals surface area contributed by atoms with Gasteiger partial charge in [-0.25, -0.2) is 0 Å². The van der Waals surface area contributed by atoms with Gasteiger partial charge in [-0.3, -0.25) is 9.78 Å². The fourth-order valence-corrected chi connectivity index (χ4v) is 3.08. The molecule has 0 N–H and O–H groups in total. The number of methoxy groups -OCH3 is 1. The molecular formula is C19H22ClNO2. The molecule has 0 saturated heterocycles. The third kappa shape index (κ3) is 2.98. The number of nitrogens with zero attached hydrogens (tertiary/aromatic N) is 1. The first-order valence-corrected chi connectivity index (χ1v) is 7.77. The highest BCUT2D eigenvalue weighted by Gasteiger charge is 2.37. The van der Waals surface area contributed by atoms with Gasteiger partial charge >= 0.3 is 0 Å². The van der Waals surface area contributed by atoms with Gasteiger partial charge < -0.3 is 4.74 Å². The Morgan fingerprint density at radius 3 is 2.61 bits per heavy atom. The van der Waals surface area contributed by atoms with Crippen LogP contribution < -0.4 is 4.74 Å². The summed E-state index contributed by atoms with van der Waals surface area (Å²) in [7, 11) is 1.66. The van der Waals surface area contributed by atoms with E-state index < -0.39 is 0 Å². The van der Waals surface area contributed by atoms with Gasteiger partial charge in [0.25, 0.3) is 0 Å². The number of hydrogen-bond donors (Lipinski definition) is 0. The van der Waals surface area contributed by atoms with Crippen molar-refractivity contribution in [3.05, 3.63) is 47.7 Å². The highest BCUT2D eigenvalue weighted by atomic mass is 35.5. The molecule has 0 spiro atoms. The number of carbonyl (C=O) groups excluding carboxylic acids is 1. The van der Waals surface area contributed by atoms with Crippen LogP contribution in [0.15, 0.2) is 36.4 Å². The summed E-state index contributed by atoms with van der Waals surface area (Å²) in [5.74, 6) is 1.03. The monoisotopic (exact) mass is 331 g/mol. The molecule has 3 rings (SSSR count). The fourth-order valence-electron chi connectivity index (χ4n) is 3.08. The zero-order valence-corrected chi connectivity index (χ0v) is 14.6. The van der Waals surface area contributed by atoms with Crippen molar-refractivity contribution in [3.63, 3.8) is 0 Å². The molecule has 23 heavy (non-hydrogen) atoms. The number of benzene rings is 1. The maximum Gasteiger partial charge on any atom is 0.170 e. The molecule has 1 unspecified atom stereocenters. The Morgan fingerprint density at radius 2 is 1.91 bits per heavy atom. The SMILES string of the molecule is CCC1(C)CCc2nc(-c3ccccc3OC)ccc2C1=O.Cl. The molecule has 0 amide bonds. The summed E-state index contributed by atoms with van der Waals surface area (Å²) < 4.78 is 5.41. The number of hydrogen-bond acceptors (Lipinski definition) is 3. The first-order valence-electron chi connectivity index (χ1n) is 7.77. The lowest BCUT2D eigenvalue weighted by molar-refractivity contribution is 0.0776. The number of aryl methyl sites for hydroxylation is 1. The summed E-state index contributed by atoms with van der Waals surface area (Å²) in [6.07, 6.45) is 2.60. The summed E-state index contributed by atoms with van der Waals surface area (Å²) in [6.45, 7) is 4.14. The van der Waals surface area contributed by atoms with Crippen molar-refractivity contribution >= 4 is 18.2 Å². The van der Waals surface area contributed by atoms with E-state index in [1.807, 2.05) is 36.4 Å². The number of pyridine rings is 1. The van der Waals surface area contributed by atoms with Crippen molar-refractivity contribution in [1.29, 1.82) is 0 Å². The highest BCUT2D eigenvalue weighted by Crippen LogP contribution is 2.38. The topological polar surface area (TPSA) is 39.2 Å². The number of rotatable bonds is 3. The van der Waals surface area contributed by atoms with Crippen molar-refractivity contribution in [3.8, 4) is 17.0 Å². The molecule has 1 aromatic heterocycles. The molecule has 0 aliphatic heterocycles. The molecule has 1 aliphatic rings. The Kier molecular flexibility index (Phi) is 5.10. The van der Waals surface area contributed by atoms with Gasteiger partial charge in [0.15, 0.2) is 5.78 Å². The van der Waals surface area contributed by atoms with Crippen LogP contribution in [0.2, 0.25) is 0 Å². The van der Waals surface area contributed by atoms with E-state index in [1.165, 1.54) is 0 Å². The Bertz CT molecular complexity index is 729. The zero-order chi connectivity index (χ0) is 15.7. The second-order valence-corrected chi connectivity index (χ2v) is 6.13. The second-order valence-electron chi connectivity index (χ2n) is 6.13. The van der Waals surface area contributed by atoms with Gasteiger partial charge in [0.2, 0.25) is 0 Å². The van der Waals surface area contributed by atoms with Crippen molar-refractivity contribution in [2.24, 2.45) is 5.41 Å². The fraction of sp³-hybridized carbons (Fsp3) is 0.368. The molecule has 2 aromatic rings. The normalized spacial score (nSPS) is 19.7. The average molecular weight is 332 g/mol. The van der Waals surface area contributed by atoms with Crippen LogP contribution >= 0.6 is 12.4 Å². The molecule has 1 atom stereocenters. The van der Waals surface area contributed by atoms with Crippen LogP contribution in [-0.2, 0) is 6.42 Å². The number of Topliss-reactive ketones (excluding diaryl/α,β-unsaturated/α-hetero) is 1. The molecule has 0 saturated carbocycles. The molecular weight excluding hydrogens is 310 g/mol. The number of fused-ring (bicyclic) bond motifs is 1. The number of para-hydroxylation sites is 1. The van der Waals surface area contributed by atoms with E-state index in [9.17, 15) is 4.79 Å². The van der Waals surface area contributed by atoms with E-state index in [0.717, 1.165) is 47.5 Å². The molecule has 4 heteroatoms. The van der Waals surface area contributed by atoms with Crippen LogP contribution in [0.4, 0.5) is 0 Å². The maximum absolute atomic E-state index is 12.7. The van der Waals surface area contributed by atoms with Crippen molar-refractivity contribution in [2.75, 3.05) is 7.11 Å². The number of ketones is 1. The largest absolute Gasteiger partial charge is 0.496 e. The zero-order valence-electron chi connectivity index (χ0n) is 13.8. The highest BCUT2D eigenvalue weighted by molar-refractivity contribution is 6.02. The number of halogens is 1. The minimum Gasteiger partial charge on any atom is -0.496 e. The molecule has 0 fully saturated rings. The van der Waals surface area contributed by atoms with Gasteiger partial charge in [0.1, 0.15) is 5.75 Å². The summed E-state index contributed by atoms with van der Waals surface area (Å²) >= 11 is 0. The van der Waals surface area contributed by atoms with Crippen LogP contribution in [0, 0.1) is 5.41 Å². The Hall–Kier alpha value is -1.87. The van der Waals surface area contributed by atoms with Crippen LogP contribution in [0.5, 0.6) is 5.75 Å². The Labute approximate surface area is 143 Å². The molecule has 3 nitrogen and oxygen atoms in total. The predicted molar refractivity (Wildman–Crippen MR) is 94.5 cm³/mol. The lowest BCUT2D eigenvalue weighted by Gasteiger charge is -2.31. The van der Waals surface area contributed by atoms with E-state index in [2.05, 4.69) is 13.8 Å². The van der Waals surface area contributed by atoms with Crippen molar-refractivity contribution < 1.29 is 9.53 Å². The Morgan fingerprint density at radius 1 is 1.17 bits per heavy atom. The van der Waals surface area contributed by atoms with Crippen LogP contribution in [0.25, 0.3) is 11.3 Å². The number of aromatic nitrogens is 1. The molecule has 1 aromatic carbocycles. The van der Waals surface area contributed by atoms with Gasteiger partial charge in [-0.05, 0) is 43.5 Å². The van der Waals surface area contributed by atoms with Crippen LogP contribution in [-0.4, -0.2) is 17.9 Å². The molecule has 0 radical (unpaired) electrons. The van der Waals surface area contributed by atoms with E-state index >= 15 is 0 Å². The molecule has 1 heterocycles. The molecule has 122 valence electrons. The third-order valence-electron chi connectivity index (χ3n) is 4.84. The second kappa shape index (κ2) is 6.71. The summed E-state index contributed by atoms with van der Waals surface area (Å²) in [4.78, 5) is 17.4. The predicted octanol–water partition coefficient (Wildman–Crippen LogP) is 4.72. The van der Waals surface area contributed by atoms with Gasteiger partial charge in [-0.15, -0.1) is 12.4 Å². The van der Waals surface area contributed by atoms with Gasteiger partial charge in [-0.2, -0.15) is 0 Å². The molecule has 0 bridgehead atoms. The van der Waals surface area contributed by atoms with Crippen LogP contribution in [0.3, 0.4) is 0 Å². The summed E-state index contributed by atoms with van der Waals surface area (Å²) in [5.41, 5.74) is 3.29. The van der Waals surface area contributed by atoms with Crippen LogP contribution in [0.1, 0.15) is 42.7 Å². The van der Waals surface area contributed by atoms with Crippen molar-refractivity contribution in [1.82, 2.24) is 4.98 Å². The maximum atomic E-state index is 12.7. The first-order chi connectivity index (χ1) is 10.6. The number of carbonyl (C=O) groups is 1. The smallest absolute Gasteiger partial charge is 0.170 e. The van der Waals surface area contributed by atoms with Gasteiger partial charge in [0, 0.05) is 16.5 Å². The lowest BCUT2D eigenvalue weighted by atomic mass is 9.71. The van der Waals surface area contributed by atoms with E-state index in [1.54, 1.807) is 7.11 Å². The van der Waals surface area contributed by atoms with E-state index in [0.29, 0.717) is 0 Å². The lowest BCUT2D eigenvalue weighted by Crippen LogP contribution is -2.33.